The van der Waals surface area contributed by atoms with Gasteiger partial charge in [0.2, 0.25) is 0 Å². The molecule has 0 atom stereocenters. The van der Waals surface area contributed by atoms with Gasteiger partial charge in [-0.15, -0.1) is 0 Å². The molecule has 0 aromatic heterocycles. The molecule has 1 aromatic carbocycles. The van der Waals surface area contributed by atoms with Crippen LogP contribution in [-0.2, 0) is 4.79 Å². The van der Waals surface area contributed by atoms with Crippen LogP contribution in [0.15, 0.2) is 30.3 Å². The van der Waals surface area contributed by atoms with E-state index in [-0.39, 0.29) is 0 Å². The van der Waals surface area contributed by atoms with Crippen LogP contribution >= 0.6 is 0 Å². The van der Waals surface area contributed by atoms with Crippen LogP contribution in [0.5, 0.6) is 0 Å². The van der Waals surface area contributed by atoms with Crippen molar-refractivity contribution in [1.29, 1.82) is 5.26 Å². The van der Waals surface area contributed by atoms with Gasteiger partial charge in [-0.2, -0.15) is 5.26 Å². The van der Waals surface area contributed by atoms with Gasteiger partial charge in [0.1, 0.15) is 5.78 Å². The number of nitrogens with zero attached hydrogens (tertiary/aromatic N) is 2. The van der Waals surface area contributed by atoms with E-state index in [4.69, 9.17) is 5.26 Å². The van der Waals surface area contributed by atoms with Crippen LogP contribution in [0.2, 0.25) is 0 Å². The van der Waals surface area contributed by atoms with Crippen molar-refractivity contribution in [3.8, 4) is 6.07 Å². The van der Waals surface area contributed by atoms with Crippen LogP contribution in [0.1, 0.15) is 32.6 Å². The normalized spacial score (nSPS) is 9.78. The molecule has 18 heavy (non-hydrogen) atoms. The number of carbonyl (C=O) groups excluding carboxylic acids is 1. The van der Waals surface area contributed by atoms with Gasteiger partial charge in [0.25, 0.3) is 0 Å². The van der Waals surface area contributed by atoms with E-state index < -0.39 is 0 Å². The third kappa shape index (κ3) is 5.01. The largest absolute Gasteiger partial charge is 0.370 e. The predicted molar refractivity (Wildman–Crippen MR) is 73.4 cm³/mol. The third-order valence-electron chi connectivity index (χ3n) is 2.89. The van der Waals surface area contributed by atoms with Gasteiger partial charge in [-0.1, -0.05) is 25.1 Å². The van der Waals surface area contributed by atoms with E-state index in [0.29, 0.717) is 25.0 Å². The standard InChI is InChI=1S/C15H20N2O/c1-2-15(18)10-6-12-17(13-7-11-16)14-8-4-3-5-9-14/h3-5,8-9H,2,6-7,10,12-13H2,1H3. The Bertz CT molecular complexity index is 395. The molecule has 0 N–H and O–H groups in total. The number of Topliss-reactive ketones (excluding diaryl/α,β-unsaturated/α-hetero) is 1. The fourth-order valence-electron chi connectivity index (χ4n) is 1.84. The van der Waals surface area contributed by atoms with E-state index >= 15 is 0 Å². The second-order valence-corrected chi connectivity index (χ2v) is 4.23. The van der Waals surface area contributed by atoms with Crippen molar-refractivity contribution >= 4 is 11.5 Å². The minimum absolute atomic E-state index is 0.309. The van der Waals surface area contributed by atoms with E-state index in [1.165, 1.54) is 0 Å². The summed E-state index contributed by atoms with van der Waals surface area (Å²) in [5.41, 5.74) is 1.12. The number of ketones is 1. The van der Waals surface area contributed by atoms with Crippen LogP contribution in [0, 0.1) is 11.3 Å². The molecule has 0 aliphatic carbocycles. The first-order valence-electron chi connectivity index (χ1n) is 6.46. The number of hydrogen-bond donors (Lipinski definition) is 0. The van der Waals surface area contributed by atoms with Crippen LogP contribution in [0.4, 0.5) is 5.69 Å². The number of para-hydroxylation sites is 1. The van der Waals surface area contributed by atoms with Gasteiger partial charge in [-0.25, -0.2) is 0 Å². The molecular weight excluding hydrogens is 224 g/mol. The molecule has 0 spiro atoms. The molecule has 0 heterocycles. The molecule has 0 unspecified atom stereocenters. The molecule has 3 nitrogen and oxygen atoms in total. The Hall–Kier alpha value is -1.82. The number of anilines is 1. The first-order chi connectivity index (χ1) is 8.77. The second kappa shape index (κ2) is 8.30. The molecule has 0 amide bonds. The smallest absolute Gasteiger partial charge is 0.132 e. The lowest BCUT2D eigenvalue weighted by atomic mass is 10.1. The van der Waals surface area contributed by atoms with E-state index in [9.17, 15) is 4.79 Å². The molecule has 0 aliphatic heterocycles. The van der Waals surface area contributed by atoms with Crippen molar-refractivity contribution in [1.82, 2.24) is 0 Å². The third-order valence-corrected chi connectivity index (χ3v) is 2.89. The first kappa shape index (κ1) is 14.2. The molecule has 0 saturated heterocycles. The summed E-state index contributed by atoms with van der Waals surface area (Å²) in [7, 11) is 0. The Kier molecular flexibility index (Phi) is 6.56. The lowest BCUT2D eigenvalue weighted by molar-refractivity contribution is -0.118. The highest BCUT2D eigenvalue weighted by Crippen LogP contribution is 2.14. The quantitative estimate of drug-likeness (QED) is 0.705. The minimum atomic E-state index is 0.309. The molecule has 0 aliphatic rings. The Labute approximate surface area is 109 Å². The second-order valence-electron chi connectivity index (χ2n) is 4.23. The van der Waals surface area contributed by atoms with Gasteiger partial charge in [-0.3, -0.25) is 4.79 Å². The number of benzene rings is 1. The molecular formula is C15H20N2O. The number of rotatable bonds is 8. The maximum absolute atomic E-state index is 11.3. The van der Waals surface area contributed by atoms with Crippen LogP contribution < -0.4 is 4.90 Å². The highest BCUT2D eigenvalue weighted by molar-refractivity contribution is 5.77. The maximum Gasteiger partial charge on any atom is 0.132 e. The molecule has 0 fully saturated rings. The van der Waals surface area contributed by atoms with E-state index in [1.54, 1.807) is 0 Å². The van der Waals surface area contributed by atoms with Crippen molar-refractivity contribution in [2.45, 2.75) is 32.6 Å². The van der Waals surface area contributed by atoms with Crippen molar-refractivity contribution in [3.05, 3.63) is 30.3 Å². The number of nitriles is 1. The Morgan fingerprint density at radius 1 is 1.28 bits per heavy atom. The fourth-order valence-corrected chi connectivity index (χ4v) is 1.84. The van der Waals surface area contributed by atoms with Crippen LogP contribution in [0.3, 0.4) is 0 Å². The summed E-state index contributed by atoms with van der Waals surface area (Å²) >= 11 is 0. The van der Waals surface area contributed by atoms with Gasteiger partial charge >= 0.3 is 0 Å². The minimum Gasteiger partial charge on any atom is -0.370 e. The Morgan fingerprint density at radius 3 is 2.61 bits per heavy atom. The Morgan fingerprint density at radius 2 is 2.00 bits per heavy atom. The summed E-state index contributed by atoms with van der Waals surface area (Å²) in [5, 5.41) is 8.68. The van der Waals surface area contributed by atoms with Crippen molar-refractivity contribution in [3.63, 3.8) is 0 Å². The molecule has 96 valence electrons. The van der Waals surface area contributed by atoms with Crippen molar-refractivity contribution in [2.24, 2.45) is 0 Å². The predicted octanol–water partition coefficient (Wildman–Crippen LogP) is 3.17. The topological polar surface area (TPSA) is 44.1 Å². The van der Waals surface area contributed by atoms with Gasteiger partial charge in [-0.05, 0) is 18.6 Å². The van der Waals surface area contributed by atoms with Crippen LogP contribution in [0.25, 0.3) is 0 Å². The van der Waals surface area contributed by atoms with Gasteiger partial charge in [0, 0.05) is 31.6 Å². The molecule has 0 bridgehead atoms. The molecule has 1 aromatic rings. The summed E-state index contributed by atoms with van der Waals surface area (Å²) in [4.78, 5) is 13.4. The fraction of sp³-hybridized carbons (Fsp3) is 0.467. The average Bonchev–Trinajstić information content (AvgIpc) is 2.43. The number of carbonyl (C=O) groups is 1. The monoisotopic (exact) mass is 244 g/mol. The summed E-state index contributed by atoms with van der Waals surface area (Å²) < 4.78 is 0. The zero-order valence-electron chi connectivity index (χ0n) is 10.9. The summed E-state index contributed by atoms with van der Waals surface area (Å²) in [6.45, 7) is 3.45. The zero-order chi connectivity index (χ0) is 13.2. The molecule has 3 heteroatoms. The molecule has 1 rings (SSSR count). The average molecular weight is 244 g/mol. The highest BCUT2D eigenvalue weighted by atomic mass is 16.1. The first-order valence-corrected chi connectivity index (χ1v) is 6.46. The van der Waals surface area contributed by atoms with Crippen LogP contribution in [-0.4, -0.2) is 18.9 Å². The SMILES string of the molecule is CCC(=O)CCCN(CCC#N)c1ccccc1. The van der Waals surface area contributed by atoms with Gasteiger partial charge < -0.3 is 4.90 Å². The summed E-state index contributed by atoms with van der Waals surface area (Å²) in [5.74, 6) is 0.309. The Balaban J connectivity index is 2.51. The van der Waals surface area contributed by atoms with Gasteiger partial charge in [0.15, 0.2) is 0 Å². The van der Waals surface area contributed by atoms with E-state index in [0.717, 1.165) is 25.2 Å². The van der Waals surface area contributed by atoms with E-state index in [1.807, 2.05) is 37.3 Å². The van der Waals surface area contributed by atoms with Gasteiger partial charge in [0.05, 0.1) is 12.5 Å². The lowest BCUT2D eigenvalue weighted by Gasteiger charge is -2.23. The lowest BCUT2D eigenvalue weighted by Crippen LogP contribution is -2.25. The summed E-state index contributed by atoms with van der Waals surface area (Å²) in [6, 6.07) is 12.2. The number of hydrogen-bond acceptors (Lipinski definition) is 3. The maximum atomic E-state index is 11.3. The molecule has 0 saturated carbocycles. The zero-order valence-corrected chi connectivity index (χ0v) is 10.9. The van der Waals surface area contributed by atoms with E-state index in [2.05, 4.69) is 11.0 Å². The molecule has 0 radical (unpaired) electrons. The summed E-state index contributed by atoms with van der Waals surface area (Å²) in [6.07, 6.45) is 2.61. The van der Waals surface area contributed by atoms with Crippen molar-refractivity contribution < 1.29 is 4.79 Å². The van der Waals surface area contributed by atoms with Crippen molar-refractivity contribution in [2.75, 3.05) is 18.0 Å². The highest BCUT2D eigenvalue weighted by Gasteiger charge is 2.06.